The quantitative estimate of drug-likeness (QED) is 0.195. The number of halogens is 4. The Balaban J connectivity index is 0.996. The number of piperidine rings is 1. The summed E-state index contributed by atoms with van der Waals surface area (Å²) in [6.07, 6.45) is -1.62. The van der Waals surface area contributed by atoms with Gasteiger partial charge in [-0.15, -0.1) is 10.2 Å². The van der Waals surface area contributed by atoms with Gasteiger partial charge in [-0.2, -0.15) is 13.2 Å². The van der Waals surface area contributed by atoms with Crippen LogP contribution in [0, 0.1) is 0 Å². The van der Waals surface area contributed by atoms with Gasteiger partial charge in [-0.05, 0) is 86.8 Å². The highest BCUT2D eigenvalue weighted by Gasteiger charge is 2.41. The third kappa shape index (κ3) is 5.72. The maximum Gasteiger partial charge on any atom is 0.451 e. The Bertz CT molecular complexity index is 1930. The Morgan fingerprint density at radius 2 is 1.79 bits per heavy atom. The number of H-pyrrole nitrogens is 1. The molecule has 47 heavy (non-hydrogen) atoms. The summed E-state index contributed by atoms with van der Waals surface area (Å²) in [6.45, 7) is 5.73. The lowest BCUT2D eigenvalue weighted by Gasteiger charge is -2.33. The number of aromatic amines is 1. The summed E-state index contributed by atoms with van der Waals surface area (Å²) in [5.41, 5.74) is 4.14. The van der Waals surface area contributed by atoms with Gasteiger partial charge < -0.3 is 23.8 Å². The molecule has 244 valence electrons. The van der Waals surface area contributed by atoms with Gasteiger partial charge in [0.1, 0.15) is 5.82 Å². The standard InChI is InChI=1S/C34H32ClF3N6O3/c1-33(22-6-8-23(35)9-7-22)46-28-4-2-3-25(30(28)47-33)20-11-14-43(15-12-20)19-29-39-26-17-21(31-40-32(42-41-31)34(36,37)38)5-10-27(26)44(29)18-24-13-16-45-24/h2-10,17,20,24H,11-16,18-19H2,1H3,(H,40,41,42). The molecule has 3 aromatic carbocycles. The number of benzene rings is 3. The SMILES string of the molecule is CC1(c2ccc(Cl)cc2)Oc2cccc(C3CCN(Cc4nc5cc(-c6nnc(C(F)(F)F)[nH]6)ccc5n4CC4CCO4)CC3)c2O1. The van der Waals surface area contributed by atoms with Gasteiger partial charge in [0.25, 0.3) is 5.79 Å². The molecule has 2 fully saturated rings. The molecular formula is C34H32ClF3N6O3. The summed E-state index contributed by atoms with van der Waals surface area (Å²) >= 11 is 6.11. The zero-order valence-electron chi connectivity index (χ0n) is 25.6. The van der Waals surface area contributed by atoms with Crippen LogP contribution in [-0.2, 0) is 29.8 Å². The van der Waals surface area contributed by atoms with E-state index in [9.17, 15) is 13.2 Å². The normalized spacial score (nSPS) is 21.8. The average molecular weight is 665 g/mol. The molecular weight excluding hydrogens is 633 g/mol. The van der Waals surface area contributed by atoms with Crippen LogP contribution < -0.4 is 9.47 Å². The van der Waals surface area contributed by atoms with Crippen molar-refractivity contribution in [1.29, 1.82) is 0 Å². The number of rotatable bonds is 7. The number of alkyl halides is 3. The van der Waals surface area contributed by atoms with Crippen LogP contribution in [0.25, 0.3) is 22.4 Å². The van der Waals surface area contributed by atoms with E-state index < -0.39 is 17.8 Å². The van der Waals surface area contributed by atoms with Gasteiger partial charge in [0.15, 0.2) is 17.3 Å². The van der Waals surface area contributed by atoms with E-state index in [-0.39, 0.29) is 11.9 Å². The second-order valence-electron chi connectivity index (χ2n) is 12.5. The molecule has 2 unspecified atom stereocenters. The van der Waals surface area contributed by atoms with E-state index in [0.717, 1.165) is 72.9 Å². The van der Waals surface area contributed by atoms with Crippen LogP contribution >= 0.6 is 11.6 Å². The number of likely N-dealkylation sites (tertiary alicyclic amines) is 1. The van der Waals surface area contributed by atoms with Crippen molar-refractivity contribution in [3.63, 3.8) is 0 Å². The van der Waals surface area contributed by atoms with Crippen molar-refractivity contribution in [3.05, 3.63) is 88.5 Å². The van der Waals surface area contributed by atoms with E-state index in [1.807, 2.05) is 49.4 Å². The first-order valence-corrected chi connectivity index (χ1v) is 16.1. The van der Waals surface area contributed by atoms with Gasteiger partial charge >= 0.3 is 6.18 Å². The second-order valence-corrected chi connectivity index (χ2v) is 13.0. The van der Waals surface area contributed by atoms with Crippen molar-refractivity contribution >= 4 is 22.6 Å². The van der Waals surface area contributed by atoms with Crippen molar-refractivity contribution in [2.24, 2.45) is 0 Å². The lowest BCUT2D eigenvalue weighted by atomic mass is 9.88. The van der Waals surface area contributed by atoms with Gasteiger partial charge in [0.2, 0.25) is 5.82 Å². The fraction of sp³-hybridized carbons (Fsp3) is 0.382. The van der Waals surface area contributed by atoms with Gasteiger partial charge in [-0.25, -0.2) is 4.98 Å². The first-order chi connectivity index (χ1) is 22.6. The molecule has 9 nitrogen and oxygen atoms in total. The maximum absolute atomic E-state index is 13.1. The van der Waals surface area contributed by atoms with Crippen molar-refractivity contribution in [2.75, 3.05) is 19.7 Å². The highest BCUT2D eigenvalue weighted by molar-refractivity contribution is 6.30. The summed E-state index contributed by atoms with van der Waals surface area (Å²) in [6, 6.07) is 19.0. The van der Waals surface area contributed by atoms with Gasteiger partial charge in [-0.3, -0.25) is 4.90 Å². The zero-order chi connectivity index (χ0) is 32.3. The fourth-order valence-corrected chi connectivity index (χ4v) is 6.87. The van der Waals surface area contributed by atoms with Crippen LogP contribution in [-0.4, -0.2) is 55.4 Å². The fourth-order valence-electron chi connectivity index (χ4n) is 6.75. The first kappa shape index (κ1) is 30.2. The van der Waals surface area contributed by atoms with Crippen LogP contribution in [0.15, 0.2) is 60.7 Å². The lowest BCUT2D eigenvalue weighted by Crippen LogP contribution is -2.35. The second kappa shape index (κ2) is 11.5. The number of para-hydroxylation sites is 1. The summed E-state index contributed by atoms with van der Waals surface area (Å²) in [4.78, 5) is 9.66. The lowest BCUT2D eigenvalue weighted by molar-refractivity contribution is -0.144. The van der Waals surface area contributed by atoms with Crippen molar-refractivity contribution in [2.45, 2.75) is 63.3 Å². The predicted molar refractivity (Wildman–Crippen MR) is 168 cm³/mol. The van der Waals surface area contributed by atoms with Gasteiger partial charge in [0.05, 0.1) is 30.2 Å². The number of aromatic nitrogens is 5. The molecule has 5 heterocycles. The summed E-state index contributed by atoms with van der Waals surface area (Å²) < 4.78 is 60.1. The summed E-state index contributed by atoms with van der Waals surface area (Å²) in [5.74, 6) is 0.751. The van der Waals surface area contributed by atoms with Crippen LogP contribution in [0.1, 0.15) is 54.9 Å². The number of hydrogen-bond donors (Lipinski definition) is 1. The third-order valence-corrected chi connectivity index (χ3v) is 9.66. The molecule has 0 aliphatic carbocycles. The zero-order valence-corrected chi connectivity index (χ0v) is 26.3. The number of imidazole rings is 1. The third-order valence-electron chi connectivity index (χ3n) is 9.41. The Kier molecular flexibility index (Phi) is 7.42. The van der Waals surface area contributed by atoms with E-state index in [1.54, 1.807) is 12.1 Å². The number of fused-ring (bicyclic) bond motifs is 2. The molecule has 1 N–H and O–H groups in total. The highest BCUT2D eigenvalue weighted by Crippen LogP contribution is 2.49. The average Bonchev–Trinajstić information content (AvgIpc) is 3.75. The molecule has 3 aliphatic heterocycles. The molecule has 0 radical (unpaired) electrons. The number of hydrogen-bond acceptors (Lipinski definition) is 7. The first-order valence-electron chi connectivity index (χ1n) is 15.7. The van der Waals surface area contributed by atoms with Gasteiger partial charge in [-0.1, -0.05) is 23.7 Å². The van der Waals surface area contributed by atoms with Gasteiger partial charge in [0, 0.05) is 35.2 Å². The van der Waals surface area contributed by atoms with Crippen molar-refractivity contribution in [3.8, 4) is 22.9 Å². The molecule has 0 amide bonds. The van der Waals surface area contributed by atoms with Crippen LogP contribution in [0.4, 0.5) is 13.2 Å². The minimum atomic E-state index is -4.60. The summed E-state index contributed by atoms with van der Waals surface area (Å²) in [5, 5.41) is 7.66. The largest absolute Gasteiger partial charge is 0.451 e. The molecule has 2 aromatic heterocycles. The maximum atomic E-state index is 13.1. The minimum Gasteiger partial charge on any atom is -0.445 e. The molecule has 2 atom stereocenters. The van der Waals surface area contributed by atoms with E-state index in [1.165, 1.54) is 0 Å². The molecule has 2 saturated heterocycles. The number of ether oxygens (including phenoxy) is 3. The van der Waals surface area contributed by atoms with Crippen molar-refractivity contribution < 1.29 is 27.4 Å². The van der Waals surface area contributed by atoms with Crippen LogP contribution in [0.2, 0.25) is 5.02 Å². The number of nitrogens with zero attached hydrogens (tertiary/aromatic N) is 5. The topological polar surface area (TPSA) is 90.3 Å². The van der Waals surface area contributed by atoms with E-state index in [0.29, 0.717) is 35.1 Å². The molecule has 0 saturated carbocycles. The van der Waals surface area contributed by atoms with E-state index >= 15 is 0 Å². The molecule has 3 aliphatic rings. The molecule has 0 spiro atoms. The Hall–Kier alpha value is -4.13. The predicted octanol–water partition coefficient (Wildman–Crippen LogP) is 7.31. The van der Waals surface area contributed by atoms with Crippen LogP contribution in [0.3, 0.4) is 0 Å². The Morgan fingerprint density at radius 3 is 2.49 bits per heavy atom. The van der Waals surface area contributed by atoms with E-state index in [4.69, 9.17) is 30.8 Å². The Morgan fingerprint density at radius 1 is 1.00 bits per heavy atom. The molecule has 8 rings (SSSR count). The molecule has 5 aromatic rings. The summed E-state index contributed by atoms with van der Waals surface area (Å²) in [7, 11) is 0. The van der Waals surface area contributed by atoms with Crippen molar-refractivity contribution in [1.82, 2.24) is 29.6 Å². The number of nitrogens with one attached hydrogen (secondary N) is 1. The molecule has 0 bridgehead atoms. The van der Waals surface area contributed by atoms with Crippen LogP contribution in [0.5, 0.6) is 11.5 Å². The minimum absolute atomic E-state index is 0.0509. The monoisotopic (exact) mass is 664 g/mol. The molecule has 13 heteroatoms. The Labute approximate surface area is 273 Å². The smallest absolute Gasteiger partial charge is 0.445 e. The van der Waals surface area contributed by atoms with E-state index in [2.05, 4.69) is 30.7 Å². The highest BCUT2D eigenvalue weighted by atomic mass is 35.5.